The Kier molecular flexibility index (Phi) is 5.95. The van der Waals surface area contributed by atoms with E-state index < -0.39 is 12.1 Å². The fraction of sp³-hybridized carbons (Fsp3) is 0.111. The first-order valence-electron chi connectivity index (χ1n) is 11.1. The number of carbonyl (C=O) groups is 1. The van der Waals surface area contributed by atoms with Crippen LogP contribution >= 0.6 is 0 Å². The van der Waals surface area contributed by atoms with E-state index >= 15 is 0 Å². The van der Waals surface area contributed by atoms with Crippen molar-refractivity contribution in [1.82, 2.24) is 9.66 Å². The van der Waals surface area contributed by atoms with Gasteiger partial charge in [-0.15, -0.1) is 0 Å². The van der Waals surface area contributed by atoms with Gasteiger partial charge in [0.1, 0.15) is 17.1 Å². The normalized spacial score (nSPS) is 12.3. The third-order valence-corrected chi connectivity index (χ3v) is 5.56. The van der Waals surface area contributed by atoms with Crippen LogP contribution in [0.25, 0.3) is 33.5 Å². The Labute approximate surface area is 204 Å². The number of rotatable bonds is 7. The zero-order valence-electron chi connectivity index (χ0n) is 19.4. The highest BCUT2D eigenvalue weighted by molar-refractivity contribution is 5.88. The third kappa shape index (κ3) is 4.29. The van der Waals surface area contributed by atoms with E-state index in [1.807, 2.05) is 12.1 Å². The van der Waals surface area contributed by atoms with Crippen LogP contribution in [0.1, 0.15) is 12.5 Å². The molecule has 2 aromatic heterocycles. The van der Waals surface area contributed by atoms with Gasteiger partial charge >= 0.3 is 5.97 Å². The number of aliphatic carboxylic acids is 1. The summed E-state index contributed by atoms with van der Waals surface area (Å²) in [6.07, 6.45) is 0.462. The molecule has 0 spiro atoms. The highest BCUT2D eigenvalue weighted by Crippen LogP contribution is 2.32. The van der Waals surface area contributed by atoms with Crippen LogP contribution in [0.5, 0.6) is 11.5 Å². The minimum atomic E-state index is -1.07. The maximum absolute atomic E-state index is 13.4. The van der Waals surface area contributed by atoms with Crippen molar-refractivity contribution in [3.63, 3.8) is 0 Å². The molecule has 36 heavy (non-hydrogen) atoms. The van der Waals surface area contributed by atoms with Crippen LogP contribution in [0, 0.1) is 0 Å². The van der Waals surface area contributed by atoms with Crippen LogP contribution in [-0.2, 0) is 4.79 Å². The molecule has 180 valence electrons. The van der Waals surface area contributed by atoms with Gasteiger partial charge in [-0.25, -0.2) is 9.78 Å². The molecule has 0 fully saturated rings. The Hall–Kier alpha value is -4.92. The summed E-state index contributed by atoms with van der Waals surface area (Å²) in [5, 5.41) is 14.7. The quantitative estimate of drug-likeness (QED) is 0.338. The number of carboxylic acids is 1. The molecule has 1 atom stereocenters. The van der Waals surface area contributed by atoms with Gasteiger partial charge in [-0.2, -0.15) is 9.78 Å². The summed E-state index contributed by atoms with van der Waals surface area (Å²) >= 11 is 0. The average Bonchev–Trinajstić information content (AvgIpc) is 3.32. The smallest absolute Gasteiger partial charge is 0.344 e. The average molecular weight is 483 g/mol. The van der Waals surface area contributed by atoms with Gasteiger partial charge in [-0.1, -0.05) is 30.3 Å². The highest BCUT2D eigenvalue weighted by atomic mass is 16.5. The predicted octanol–water partition coefficient (Wildman–Crippen LogP) is 4.55. The molecule has 0 aliphatic rings. The molecule has 0 radical (unpaired) electrons. The zero-order valence-corrected chi connectivity index (χ0v) is 19.4. The molecule has 9 nitrogen and oxygen atoms in total. The van der Waals surface area contributed by atoms with Crippen LogP contribution in [-0.4, -0.2) is 40.2 Å². The molecule has 5 rings (SSSR count). The van der Waals surface area contributed by atoms with Crippen LogP contribution in [0.4, 0.5) is 0 Å². The van der Waals surface area contributed by atoms with Crippen molar-refractivity contribution >= 4 is 34.1 Å². The predicted molar refractivity (Wildman–Crippen MR) is 135 cm³/mol. The summed E-state index contributed by atoms with van der Waals surface area (Å²) in [7, 11) is 1.57. The van der Waals surface area contributed by atoms with E-state index in [1.165, 1.54) is 17.8 Å². The molecule has 9 heteroatoms. The maximum atomic E-state index is 13.4. The van der Waals surface area contributed by atoms with Gasteiger partial charge in [0.25, 0.3) is 5.56 Å². The molecule has 0 saturated heterocycles. The van der Waals surface area contributed by atoms with Crippen LogP contribution in [0.2, 0.25) is 0 Å². The van der Waals surface area contributed by atoms with E-state index in [-0.39, 0.29) is 11.4 Å². The lowest BCUT2D eigenvalue weighted by Gasteiger charge is -2.10. The number of ether oxygens (including phenoxy) is 2. The van der Waals surface area contributed by atoms with Gasteiger partial charge in [0.2, 0.25) is 5.82 Å². The maximum Gasteiger partial charge on any atom is 0.344 e. The number of nitrogens with zero attached hydrogens (tertiary/aromatic N) is 3. The number of methoxy groups -OCH3 is 1. The van der Waals surface area contributed by atoms with E-state index in [0.29, 0.717) is 39.3 Å². The van der Waals surface area contributed by atoms with Gasteiger partial charge in [-0.05, 0) is 55.0 Å². The van der Waals surface area contributed by atoms with E-state index in [0.717, 1.165) is 5.39 Å². The number of benzene rings is 3. The minimum Gasteiger partial charge on any atom is -0.496 e. The number of carboxylic acid groups (broad SMARTS) is 1. The van der Waals surface area contributed by atoms with Crippen LogP contribution in [0.3, 0.4) is 0 Å². The minimum absolute atomic E-state index is 0.222. The molecule has 0 amide bonds. The number of fused-ring (bicyclic) bond motifs is 2. The second-order valence-corrected chi connectivity index (χ2v) is 7.97. The van der Waals surface area contributed by atoms with Crippen LogP contribution in [0.15, 0.2) is 87.1 Å². The van der Waals surface area contributed by atoms with Crippen molar-refractivity contribution in [2.75, 3.05) is 7.11 Å². The standard InChI is InChI=1S/C27H21N3O6/c1-16(27(32)33)35-18-8-5-7-17(13-18)15-28-30-25(29-21-10-4-3-9-19(21)26(30)31)24-14-20-22(34-2)11-6-12-23(20)36-24/h3-16H,1-2H3,(H,32,33)/t16-/m0/s1. The summed E-state index contributed by atoms with van der Waals surface area (Å²) in [6, 6.07) is 20.9. The highest BCUT2D eigenvalue weighted by Gasteiger charge is 2.18. The van der Waals surface area contributed by atoms with Gasteiger partial charge in [0.05, 0.1) is 29.6 Å². The van der Waals surface area contributed by atoms with E-state index in [9.17, 15) is 9.59 Å². The zero-order chi connectivity index (χ0) is 25.2. The summed E-state index contributed by atoms with van der Waals surface area (Å²) in [5.74, 6) is 0.493. The number of aromatic nitrogens is 2. The van der Waals surface area contributed by atoms with Crippen LogP contribution < -0.4 is 15.0 Å². The Morgan fingerprint density at radius 2 is 1.89 bits per heavy atom. The van der Waals surface area contributed by atoms with Crippen molar-refractivity contribution in [2.45, 2.75) is 13.0 Å². The Balaban J connectivity index is 1.63. The lowest BCUT2D eigenvalue weighted by molar-refractivity contribution is -0.144. The fourth-order valence-electron chi connectivity index (χ4n) is 3.76. The SMILES string of the molecule is COc1cccc2oc(-c3nc4ccccc4c(=O)n3N=Cc3cccc(O[C@@H](C)C(=O)O)c3)cc12. The van der Waals surface area contributed by atoms with Crippen molar-refractivity contribution in [2.24, 2.45) is 5.10 Å². The number of para-hydroxylation sites is 1. The molecule has 0 aliphatic heterocycles. The second kappa shape index (κ2) is 9.38. The first-order chi connectivity index (χ1) is 17.4. The number of hydrogen-bond donors (Lipinski definition) is 1. The van der Waals surface area contributed by atoms with Crippen molar-refractivity contribution < 1.29 is 23.8 Å². The van der Waals surface area contributed by atoms with Gasteiger partial charge in [0.15, 0.2) is 11.9 Å². The lowest BCUT2D eigenvalue weighted by atomic mass is 10.2. The molecule has 0 bridgehead atoms. The summed E-state index contributed by atoms with van der Waals surface area (Å²) in [4.78, 5) is 29.2. The monoisotopic (exact) mass is 483 g/mol. The van der Waals surface area contributed by atoms with Crippen molar-refractivity contribution in [1.29, 1.82) is 0 Å². The third-order valence-electron chi connectivity index (χ3n) is 5.56. The number of furan rings is 1. The van der Waals surface area contributed by atoms with E-state index in [1.54, 1.807) is 67.8 Å². The summed E-state index contributed by atoms with van der Waals surface area (Å²) in [6.45, 7) is 1.44. The second-order valence-electron chi connectivity index (χ2n) is 7.97. The summed E-state index contributed by atoms with van der Waals surface area (Å²) < 4.78 is 18.1. The summed E-state index contributed by atoms with van der Waals surface area (Å²) in [5.41, 5.74) is 1.32. The van der Waals surface area contributed by atoms with Gasteiger partial charge in [0, 0.05) is 0 Å². The fourth-order valence-corrected chi connectivity index (χ4v) is 3.76. The first kappa shape index (κ1) is 22.9. The van der Waals surface area contributed by atoms with Crippen molar-refractivity contribution in [3.8, 4) is 23.1 Å². The largest absolute Gasteiger partial charge is 0.496 e. The van der Waals surface area contributed by atoms with Gasteiger partial charge < -0.3 is 19.0 Å². The molecule has 0 saturated carbocycles. The molecule has 0 aliphatic carbocycles. The van der Waals surface area contributed by atoms with E-state index in [4.69, 9.17) is 19.0 Å². The molecular formula is C27H21N3O6. The Bertz CT molecular complexity index is 1680. The number of hydrogen-bond acceptors (Lipinski definition) is 7. The lowest BCUT2D eigenvalue weighted by Crippen LogP contribution is -2.22. The topological polar surface area (TPSA) is 116 Å². The van der Waals surface area contributed by atoms with E-state index in [2.05, 4.69) is 10.1 Å². The van der Waals surface area contributed by atoms with Gasteiger partial charge in [-0.3, -0.25) is 4.79 Å². The molecule has 5 aromatic rings. The molecule has 2 heterocycles. The first-order valence-corrected chi connectivity index (χ1v) is 11.1. The molecule has 3 aromatic carbocycles. The Morgan fingerprint density at radius 3 is 2.69 bits per heavy atom. The molecular weight excluding hydrogens is 462 g/mol. The molecule has 1 N–H and O–H groups in total. The molecule has 0 unspecified atom stereocenters. The van der Waals surface area contributed by atoms with Crippen molar-refractivity contribution in [3.05, 3.63) is 88.7 Å². The Morgan fingerprint density at radius 1 is 1.08 bits per heavy atom.